The highest BCUT2D eigenvalue weighted by atomic mass is 15.1. The highest BCUT2D eigenvalue weighted by Gasteiger charge is 2.17. The van der Waals surface area contributed by atoms with E-state index in [1.807, 2.05) is 12.4 Å². The highest BCUT2D eigenvalue weighted by molar-refractivity contribution is 6.06. The molecule has 4 aromatic rings. The van der Waals surface area contributed by atoms with Crippen LogP contribution in [-0.4, -0.2) is 14.5 Å². The van der Waals surface area contributed by atoms with E-state index >= 15 is 0 Å². The fourth-order valence-corrected chi connectivity index (χ4v) is 3.80. The van der Waals surface area contributed by atoms with Crippen molar-refractivity contribution in [3.63, 3.8) is 0 Å². The molecule has 0 radical (unpaired) electrons. The molecule has 0 spiro atoms. The Balaban J connectivity index is 2.21. The van der Waals surface area contributed by atoms with Crippen LogP contribution in [0.25, 0.3) is 27.6 Å². The van der Waals surface area contributed by atoms with Crippen LogP contribution in [0.1, 0.15) is 37.6 Å². The van der Waals surface area contributed by atoms with Gasteiger partial charge in [0.25, 0.3) is 0 Å². The van der Waals surface area contributed by atoms with Crippen LogP contribution in [-0.2, 0) is 19.3 Å². The van der Waals surface area contributed by atoms with Crippen molar-refractivity contribution in [2.45, 2.75) is 40.0 Å². The molecule has 0 saturated heterocycles. The number of hydrogen-bond acceptors (Lipinski definition) is 2. The minimum absolute atomic E-state index is 0.884. The molecule has 0 aliphatic rings. The van der Waals surface area contributed by atoms with Crippen molar-refractivity contribution in [2.24, 2.45) is 0 Å². The first-order valence-corrected chi connectivity index (χ1v) is 9.14. The van der Waals surface area contributed by atoms with Gasteiger partial charge in [-0.25, -0.2) is 4.98 Å². The largest absolute Gasteiger partial charge is 0.298 e. The van der Waals surface area contributed by atoms with E-state index in [4.69, 9.17) is 9.97 Å². The van der Waals surface area contributed by atoms with Crippen LogP contribution >= 0.6 is 0 Å². The Morgan fingerprint density at radius 2 is 1.68 bits per heavy atom. The molecule has 0 aliphatic carbocycles. The maximum atomic E-state index is 4.94. The third-order valence-corrected chi connectivity index (χ3v) is 5.02. The maximum Gasteiger partial charge on any atom is 0.111 e. The van der Waals surface area contributed by atoms with Crippen LogP contribution in [0.3, 0.4) is 0 Å². The summed E-state index contributed by atoms with van der Waals surface area (Å²) in [4.78, 5) is 9.68. The number of imidazole rings is 1. The highest BCUT2D eigenvalue weighted by Crippen LogP contribution is 2.32. The molecule has 4 rings (SSSR count). The predicted molar refractivity (Wildman–Crippen MR) is 105 cm³/mol. The number of nitrogens with zero attached hydrogens (tertiary/aromatic N) is 3. The lowest BCUT2D eigenvalue weighted by molar-refractivity contribution is 1.04. The van der Waals surface area contributed by atoms with E-state index in [-0.39, 0.29) is 0 Å². The van der Waals surface area contributed by atoms with Crippen LogP contribution in [0, 0.1) is 0 Å². The zero-order chi connectivity index (χ0) is 17.4. The summed E-state index contributed by atoms with van der Waals surface area (Å²) in [5.74, 6) is 0. The zero-order valence-corrected chi connectivity index (χ0v) is 15.1. The Morgan fingerprint density at radius 3 is 2.36 bits per heavy atom. The van der Waals surface area contributed by atoms with Crippen molar-refractivity contribution < 1.29 is 0 Å². The fourth-order valence-electron chi connectivity index (χ4n) is 3.80. The third kappa shape index (κ3) is 2.42. The molecule has 2 heterocycles. The summed E-state index contributed by atoms with van der Waals surface area (Å²) in [5, 5.41) is 1.26. The summed E-state index contributed by atoms with van der Waals surface area (Å²) in [6.07, 6.45) is 4.87. The van der Waals surface area contributed by atoms with E-state index in [9.17, 15) is 0 Å². The fraction of sp³-hybridized carbons (Fsp3) is 0.273. The lowest BCUT2D eigenvalue weighted by Gasteiger charge is -2.14. The maximum absolute atomic E-state index is 4.94. The number of fused-ring (bicyclic) bond motifs is 3. The van der Waals surface area contributed by atoms with Crippen LogP contribution in [0.5, 0.6) is 0 Å². The Hall–Kier alpha value is -2.68. The Bertz CT molecular complexity index is 1050. The number of hydrogen-bond donors (Lipinski definition) is 0. The molecule has 0 fully saturated rings. The van der Waals surface area contributed by atoms with Crippen molar-refractivity contribution in [1.82, 2.24) is 14.5 Å². The van der Waals surface area contributed by atoms with Gasteiger partial charge in [0.05, 0.1) is 16.7 Å². The van der Waals surface area contributed by atoms with Crippen LogP contribution in [0.2, 0.25) is 0 Å². The molecular formula is C22H23N3. The quantitative estimate of drug-likeness (QED) is 0.511. The number of aromatic nitrogens is 3. The van der Waals surface area contributed by atoms with Gasteiger partial charge in [-0.3, -0.25) is 9.55 Å². The smallest absolute Gasteiger partial charge is 0.111 e. The van der Waals surface area contributed by atoms with Gasteiger partial charge in [0.1, 0.15) is 11.8 Å². The zero-order valence-electron chi connectivity index (χ0n) is 15.1. The first kappa shape index (κ1) is 15.8. The van der Waals surface area contributed by atoms with Crippen molar-refractivity contribution >= 4 is 21.9 Å². The Morgan fingerprint density at radius 1 is 0.880 bits per heavy atom. The van der Waals surface area contributed by atoms with Crippen LogP contribution in [0.15, 0.2) is 48.8 Å². The second kappa shape index (κ2) is 6.32. The lowest BCUT2D eigenvalue weighted by Crippen LogP contribution is -2.01. The third-order valence-electron chi connectivity index (χ3n) is 5.02. The molecule has 0 aliphatic heterocycles. The summed E-state index contributed by atoms with van der Waals surface area (Å²) in [7, 11) is 0. The monoisotopic (exact) mass is 329 g/mol. The van der Waals surface area contributed by atoms with Crippen molar-refractivity contribution in [2.75, 3.05) is 0 Å². The number of pyridine rings is 1. The molecule has 2 aromatic carbocycles. The summed E-state index contributed by atoms with van der Waals surface area (Å²) >= 11 is 0. The Labute approximate surface area is 148 Å². The van der Waals surface area contributed by atoms with Gasteiger partial charge in [-0.15, -0.1) is 0 Å². The average molecular weight is 329 g/mol. The van der Waals surface area contributed by atoms with E-state index in [0.29, 0.717) is 0 Å². The van der Waals surface area contributed by atoms with E-state index in [1.165, 1.54) is 22.0 Å². The van der Waals surface area contributed by atoms with Crippen molar-refractivity contribution in [3.8, 4) is 5.69 Å². The Kier molecular flexibility index (Phi) is 4.00. The first-order chi connectivity index (χ1) is 12.3. The molecule has 0 saturated carbocycles. The SMILES string of the molecule is CCc1ccc2nc(CC)c3ncn(-c4ccccc4)c3c2c1CC. The molecule has 3 nitrogen and oxygen atoms in total. The topological polar surface area (TPSA) is 30.7 Å². The number of aryl methyl sites for hydroxylation is 3. The molecular weight excluding hydrogens is 306 g/mol. The molecule has 3 heteroatoms. The van der Waals surface area contributed by atoms with E-state index in [1.54, 1.807) is 0 Å². The van der Waals surface area contributed by atoms with Gasteiger partial charge in [0.15, 0.2) is 0 Å². The molecule has 0 unspecified atom stereocenters. The minimum Gasteiger partial charge on any atom is -0.298 e. The van der Waals surface area contributed by atoms with Gasteiger partial charge in [-0.2, -0.15) is 0 Å². The lowest BCUT2D eigenvalue weighted by atomic mass is 9.96. The predicted octanol–water partition coefficient (Wildman–Crippen LogP) is 5.26. The number of rotatable bonds is 4. The first-order valence-electron chi connectivity index (χ1n) is 9.14. The van der Waals surface area contributed by atoms with Crippen molar-refractivity contribution in [1.29, 1.82) is 0 Å². The van der Waals surface area contributed by atoms with E-state index in [0.717, 1.165) is 41.7 Å². The molecule has 0 amide bonds. The molecule has 2 aromatic heterocycles. The average Bonchev–Trinajstić information content (AvgIpc) is 3.12. The van der Waals surface area contributed by atoms with Gasteiger partial charge < -0.3 is 0 Å². The molecule has 0 atom stereocenters. The van der Waals surface area contributed by atoms with Gasteiger partial charge in [0, 0.05) is 11.1 Å². The van der Waals surface area contributed by atoms with Gasteiger partial charge in [-0.1, -0.05) is 45.0 Å². The molecule has 0 N–H and O–H groups in total. The molecule has 25 heavy (non-hydrogen) atoms. The standard InChI is InChI=1S/C22H23N3/c1-4-15-12-13-19-20(17(15)5-2)22-21(18(6-3)24-19)23-14-25(22)16-10-8-7-9-11-16/h7-14H,4-6H2,1-3H3. The number of para-hydroxylation sites is 1. The second-order valence-electron chi connectivity index (χ2n) is 6.36. The van der Waals surface area contributed by atoms with E-state index < -0.39 is 0 Å². The normalized spacial score (nSPS) is 11.5. The van der Waals surface area contributed by atoms with Gasteiger partial charge in [0.2, 0.25) is 0 Å². The second-order valence-corrected chi connectivity index (χ2v) is 6.36. The summed E-state index contributed by atoms with van der Waals surface area (Å²) in [6.45, 7) is 6.60. The van der Waals surface area contributed by atoms with Gasteiger partial charge in [-0.05, 0) is 48.6 Å². The summed E-state index contributed by atoms with van der Waals surface area (Å²) < 4.78 is 2.22. The van der Waals surface area contributed by atoms with Gasteiger partial charge >= 0.3 is 0 Å². The minimum atomic E-state index is 0.884. The van der Waals surface area contributed by atoms with Crippen LogP contribution < -0.4 is 0 Å². The number of benzene rings is 2. The van der Waals surface area contributed by atoms with Crippen molar-refractivity contribution in [3.05, 3.63) is 65.6 Å². The summed E-state index contributed by atoms with van der Waals surface area (Å²) in [6, 6.07) is 14.9. The molecule has 126 valence electrons. The van der Waals surface area contributed by atoms with E-state index in [2.05, 4.69) is 61.7 Å². The molecule has 0 bridgehead atoms. The van der Waals surface area contributed by atoms with Crippen LogP contribution in [0.4, 0.5) is 0 Å². The summed E-state index contributed by atoms with van der Waals surface area (Å²) in [5.41, 5.74) is 8.33.